The summed E-state index contributed by atoms with van der Waals surface area (Å²) in [6.45, 7) is 3.40. The molecule has 0 unspecified atom stereocenters. The van der Waals surface area contributed by atoms with Gasteiger partial charge in [0.05, 0.1) is 6.61 Å². The van der Waals surface area contributed by atoms with E-state index in [0.717, 1.165) is 25.3 Å². The molecule has 3 rings (SSSR count). The molecule has 0 saturated carbocycles. The summed E-state index contributed by atoms with van der Waals surface area (Å²) in [6.07, 6.45) is 1.91. The fourth-order valence-corrected chi connectivity index (χ4v) is 4.13. The van der Waals surface area contributed by atoms with Crippen LogP contribution in [0.1, 0.15) is 49.5 Å². The molecular weight excluding hydrogens is 492 g/mol. The first kappa shape index (κ1) is 28.4. The van der Waals surface area contributed by atoms with Crippen molar-refractivity contribution in [2.45, 2.75) is 45.1 Å². The molecule has 0 bridgehead atoms. The molecule has 1 aliphatic heterocycles. The van der Waals surface area contributed by atoms with Crippen molar-refractivity contribution in [2.24, 2.45) is 0 Å². The van der Waals surface area contributed by atoms with Crippen molar-refractivity contribution in [3.05, 3.63) is 58.4 Å². The Hall–Kier alpha value is -4.15. The summed E-state index contributed by atoms with van der Waals surface area (Å²) in [5.41, 5.74) is 0.716. The third-order valence-corrected chi connectivity index (χ3v) is 6.25. The molecule has 11 heteroatoms. The van der Waals surface area contributed by atoms with Gasteiger partial charge < -0.3 is 29.9 Å². The minimum absolute atomic E-state index is 0.0416. The first-order chi connectivity index (χ1) is 18.3. The zero-order valence-electron chi connectivity index (χ0n) is 21.5. The van der Waals surface area contributed by atoms with Gasteiger partial charge in [-0.05, 0) is 18.4 Å². The summed E-state index contributed by atoms with van der Waals surface area (Å²) in [7, 11) is 0. The molecule has 1 aromatic heterocycles. The highest BCUT2D eigenvalue weighted by molar-refractivity contribution is 5.96. The number of aliphatic carboxylic acids is 1. The van der Waals surface area contributed by atoms with Crippen LogP contribution in [0, 0.1) is 0 Å². The third-order valence-electron chi connectivity index (χ3n) is 6.25. The highest BCUT2D eigenvalue weighted by Gasteiger charge is 2.31. The zero-order valence-corrected chi connectivity index (χ0v) is 21.5. The molecule has 204 valence electrons. The van der Waals surface area contributed by atoms with E-state index in [1.165, 1.54) is 15.9 Å². The molecule has 11 nitrogen and oxygen atoms in total. The van der Waals surface area contributed by atoms with Crippen LogP contribution in [-0.2, 0) is 14.3 Å². The lowest BCUT2D eigenvalue weighted by molar-refractivity contribution is -0.138. The molecule has 3 N–H and O–H groups in total. The molecule has 38 heavy (non-hydrogen) atoms. The van der Waals surface area contributed by atoms with E-state index < -0.39 is 29.9 Å². The lowest BCUT2D eigenvalue weighted by atomic mass is 10.1. The van der Waals surface area contributed by atoms with Crippen molar-refractivity contribution >= 4 is 23.9 Å². The van der Waals surface area contributed by atoms with Crippen LogP contribution in [0.5, 0.6) is 0 Å². The topological polar surface area (TPSA) is 149 Å². The second-order valence-corrected chi connectivity index (χ2v) is 9.10. The van der Waals surface area contributed by atoms with E-state index in [9.17, 15) is 24.0 Å². The summed E-state index contributed by atoms with van der Waals surface area (Å²) in [5, 5.41) is 11.8. The zero-order chi connectivity index (χ0) is 27.5. The van der Waals surface area contributed by atoms with E-state index in [-0.39, 0.29) is 50.1 Å². The van der Waals surface area contributed by atoms with Gasteiger partial charge >= 0.3 is 12.1 Å². The number of piperazine rings is 1. The van der Waals surface area contributed by atoms with Crippen molar-refractivity contribution < 1.29 is 29.0 Å². The fourth-order valence-electron chi connectivity index (χ4n) is 4.13. The lowest BCUT2D eigenvalue weighted by Crippen LogP contribution is -2.56. The Bertz CT molecular complexity index is 1170. The molecule has 1 saturated heterocycles. The van der Waals surface area contributed by atoms with E-state index in [0.29, 0.717) is 17.9 Å². The lowest BCUT2D eigenvalue weighted by Gasteiger charge is -2.36. The molecule has 0 radical (unpaired) electrons. The molecule has 1 fully saturated rings. The third kappa shape index (κ3) is 8.19. The normalized spacial score (nSPS) is 14.0. The summed E-state index contributed by atoms with van der Waals surface area (Å²) in [5.74, 6) is -2.25. The maximum Gasteiger partial charge on any atom is 0.409 e. The van der Waals surface area contributed by atoms with E-state index in [2.05, 4.69) is 17.2 Å². The molecule has 1 aromatic carbocycles. The summed E-state index contributed by atoms with van der Waals surface area (Å²) in [4.78, 5) is 68.0. The number of benzene rings is 1. The van der Waals surface area contributed by atoms with Gasteiger partial charge in [-0.15, -0.1) is 0 Å². The van der Waals surface area contributed by atoms with Crippen LogP contribution in [0.4, 0.5) is 4.79 Å². The number of unbranched alkanes of at least 4 members (excludes halogenated alkanes) is 2. The van der Waals surface area contributed by atoms with Gasteiger partial charge in [0, 0.05) is 50.4 Å². The van der Waals surface area contributed by atoms with Gasteiger partial charge in [-0.25, -0.2) is 4.79 Å². The van der Waals surface area contributed by atoms with E-state index in [1.54, 1.807) is 24.3 Å². The number of ether oxygens (including phenoxy) is 1. The Balaban J connectivity index is 1.66. The molecule has 2 aromatic rings. The Kier molecular flexibility index (Phi) is 10.4. The Morgan fingerprint density at radius 1 is 1.03 bits per heavy atom. The Morgan fingerprint density at radius 2 is 1.71 bits per heavy atom. The molecule has 2 heterocycles. The molecule has 1 aliphatic rings. The molecule has 0 aliphatic carbocycles. The van der Waals surface area contributed by atoms with Crippen molar-refractivity contribution in [3.63, 3.8) is 0 Å². The minimum atomic E-state index is -1.12. The van der Waals surface area contributed by atoms with Gasteiger partial charge in [-0.2, -0.15) is 0 Å². The number of nitrogens with zero attached hydrogens (tertiary/aromatic N) is 2. The van der Waals surface area contributed by atoms with Crippen LogP contribution < -0.4 is 10.7 Å². The van der Waals surface area contributed by atoms with Crippen LogP contribution >= 0.6 is 0 Å². The number of carboxylic acid groups (broad SMARTS) is 1. The fraction of sp³-hybridized carbons (Fsp3) is 0.444. The predicted octanol–water partition coefficient (Wildman–Crippen LogP) is 2.48. The largest absolute Gasteiger partial charge is 0.481 e. The highest BCUT2D eigenvalue weighted by Crippen LogP contribution is 2.15. The first-order valence-electron chi connectivity index (χ1n) is 12.8. The molecule has 1 atom stereocenters. The Labute approximate surface area is 220 Å². The van der Waals surface area contributed by atoms with Gasteiger partial charge in [0.25, 0.3) is 5.91 Å². The van der Waals surface area contributed by atoms with Crippen molar-refractivity contribution in [1.29, 1.82) is 0 Å². The number of pyridine rings is 1. The first-order valence-corrected chi connectivity index (χ1v) is 12.8. The van der Waals surface area contributed by atoms with Crippen molar-refractivity contribution in [2.75, 3.05) is 32.8 Å². The SMILES string of the molecule is CCCCCOC(=O)N1CCN(C(=O)[C@H](CCC(=O)O)NC(=O)c2cc(=O)cc(-c3ccccc3)[nH]2)CC1. The average Bonchev–Trinajstić information content (AvgIpc) is 2.93. The van der Waals surface area contributed by atoms with E-state index in [1.807, 2.05) is 6.07 Å². The van der Waals surface area contributed by atoms with E-state index in [4.69, 9.17) is 9.84 Å². The number of amides is 3. The van der Waals surface area contributed by atoms with Gasteiger partial charge in [0.2, 0.25) is 5.91 Å². The van der Waals surface area contributed by atoms with Gasteiger partial charge in [-0.1, -0.05) is 50.1 Å². The van der Waals surface area contributed by atoms with Crippen LogP contribution in [0.25, 0.3) is 11.3 Å². The van der Waals surface area contributed by atoms with Crippen LogP contribution in [0.2, 0.25) is 0 Å². The number of H-pyrrole nitrogens is 1. The van der Waals surface area contributed by atoms with E-state index >= 15 is 0 Å². The van der Waals surface area contributed by atoms with Gasteiger partial charge in [0.1, 0.15) is 11.7 Å². The number of aromatic nitrogens is 1. The number of carbonyl (C=O) groups excluding carboxylic acids is 3. The monoisotopic (exact) mass is 526 g/mol. The second-order valence-electron chi connectivity index (χ2n) is 9.10. The smallest absolute Gasteiger partial charge is 0.409 e. The van der Waals surface area contributed by atoms with Crippen LogP contribution in [-0.4, -0.2) is 82.6 Å². The second kappa shape index (κ2) is 14.0. The Morgan fingerprint density at radius 3 is 2.37 bits per heavy atom. The van der Waals surface area contributed by atoms with Crippen molar-refractivity contribution in [3.8, 4) is 11.3 Å². The van der Waals surface area contributed by atoms with Crippen LogP contribution in [0.3, 0.4) is 0 Å². The number of carboxylic acids is 1. The summed E-state index contributed by atoms with van der Waals surface area (Å²) in [6, 6.07) is 10.4. The summed E-state index contributed by atoms with van der Waals surface area (Å²) < 4.78 is 5.28. The predicted molar refractivity (Wildman–Crippen MR) is 140 cm³/mol. The minimum Gasteiger partial charge on any atom is -0.481 e. The van der Waals surface area contributed by atoms with Crippen LogP contribution in [0.15, 0.2) is 47.3 Å². The number of aromatic amines is 1. The highest BCUT2D eigenvalue weighted by atomic mass is 16.6. The van der Waals surface area contributed by atoms with Gasteiger partial charge in [-0.3, -0.25) is 19.2 Å². The maximum atomic E-state index is 13.3. The summed E-state index contributed by atoms with van der Waals surface area (Å²) >= 11 is 0. The number of rotatable bonds is 11. The molecule has 0 spiro atoms. The number of hydrogen-bond donors (Lipinski definition) is 3. The number of carbonyl (C=O) groups is 4. The van der Waals surface area contributed by atoms with Gasteiger partial charge in [0.15, 0.2) is 5.43 Å². The number of nitrogens with one attached hydrogen (secondary N) is 2. The van der Waals surface area contributed by atoms with Crippen molar-refractivity contribution in [1.82, 2.24) is 20.1 Å². The average molecular weight is 527 g/mol. The molecular formula is C27H34N4O7. The standard InChI is InChI=1S/C27H34N4O7/c1-2-3-7-16-38-27(37)31-14-12-30(13-15-31)26(36)21(10-11-24(33)34)29-25(35)23-18-20(32)17-22(28-23)19-8-5-4-6-9-19/h4-6,8-9,17-18,21H,2-3,7,10-16H2,1H3,(H,28,32)(H,29,35)(H,33,34)/t21-/m0/s1. The quantitative estimate of drug-likeness (QED) is 0.381. The maximum absolute atomic E-state index is 13.3. The molecule has 3 amide bonds. The number of hydrogen-bond acceptors (Lipinski definition) is 6.